The third-order valence-corrected chi connectivity index (χ3v) is 8.43. The van der Waals surface area contributed by atoms with E-state index in [-0.39, 0.29) is 23.3 Å². The molecule has 3 aromatic carbocycles. The van der Waals surface area contributed by atoms with Crippen LogP contribution in [-0.4, -0.2) is 21.9 Å². The fraction of sp³-hybridized carbons (Fsp3) is 0.314. The Kier molecular flexibility index (Phi) is 7.41. The third-order valence-electron chi connectivity index (χ3n) is 8.43. The highest BCUT2D eigenvalue weighted by molar-refractivity contribution is 5.97. The van der Waals surface area contributed by atoms with E-state index in [9.17, 15) is 4.79 Å². The van der Waals surface area contributed by atoms with Crippen LogP contribution in [0.1, 0.15) is 65.5 Å². The maximum Gasteiger partial charge on any atom is 0.263 e. The summed E-state index contributed by atoms with van der Waals surface area (Å²) in [4.78, 5) is 18.2. The van der Waals surface area contributed by atoms with E-state index in [1.807, 2.05) is 47.0 Å². The number of amides is 1. The summed E-state index contributed by atoms with van der Waals surface area (Å²) >= 11 is 0. The first-order chi connectivity index (χ1) is 19.1. The van der Waals surface area contributed by atoms with Gasteiger partial charge in [-0.25, -0.2) is 4.98 Å². The summed E-state index contributed by atoms with van der Waals surface area (Å²) in [5.74, 6) is 1.16. The van der Waals surface area contributed by atoms with Crippen molar-refractivity contribution in [1.29, 1.82) is 0 Å². The molecule has 0 atom stereocenters. The standard InChI is InChI=1S/C35H39N3O2/c1-7-34(3,4)27-18-19-29(28(22-27)35(5,6)8-2)40-23-31(39)37-33-32(36-30-15-11-12-20-38(30)33)26-17-16-24-13-9-10-14-25(24)21-26/h9-22H,7-8,23H2,1-6H3,(H,37,39). The van der Waals surface area contributed by atoms with Crippen LogP contribution in [0.4, 0.5) is 5.82 Å². The van der Waals surface area contributed by atoms with Crippen LogP contribution >= 0.6 is 0 Å². The summed E-state index contributed by atoms with van der Waals surface area (Å²) < 4.78 is 8.12. The monoisotopic (exact) mass is 533 g/mol. The highest BCUT2D eigenvalue weighted by atomic mass is 16.5. The molecular formula is C35H39N3O2. The Bertz CT molecular complexity index is 1680. The number of carbonyl (C=O) groups excluding carboxylic acids is 1. The maximum absolute atomic E-state index is 13.3. The molecule has 1 amide bonds. The fourth-order valence-electron chi connectivity index (χ4n) is 4.96. The number of anilines is 1. The van der Waals surface area contributed by atoms with Gasteiger partial charge in [0.15, 0.2) is 6.61 Å². The second kappa shape index (κ2) is 10.8. The van der Waals surface area contributed by atoms with Gasteiger partial charge >= 0.3 is 0 Å². The summed E-state index contributed by atoms with van der Waals surface area (Å²) in [5.41, 5.74) is 4.84. The summed E-state index contributed by atoms with van der Waals surface area (Å²) in [6, 6.07) is 26.7. The molecule has 5 rings (SSSR count). The lowest BCUT2D eigenvalue weighted by atomic mass is 9.76. The lowest BCUT2D eigenvalue weighted by molar-refractivity contribution is -0.118. The molecule has 2 aromatic heterocycles. The smallest absolute Gasteiger partial charge is 0.263 e. The van der Waals surface area contributed by atoms with Crippen molar-refractivity contribution in [1.82, 2.24) is 9.38 Å². The van der Waals surface area contributed by atoms with E-state index in [0.717, 1.165) is 51.8 Å². The molecule has 0 fully saturated rings. The molecule has 1 N–H and O–H groups in total. The minimum Gasteiger partial charge on any atom is -0.483 e. The molecule has 0 saturated heterocycles. The second-order valence-electron chi connectivity index (χ2n) is 11.8. The third kappa shape index (κ3) is 5.33. The number of hydrogen-bond acceptors (Lipinski definition) is 3. The van der Waals surface area contributed by atoms with E-state index in [4.69, 9.17) is 9.72 Å². The van der Waals surface area contributed by atoms with Crippen LogP contribution in [0.5, 0.6) is 5.75 Å². The Labute approximate surface area is 237 Å². The van der Waals surface area contributed by atoms with Crippen LogP contribution in [0, 0.1) is 0 Å². The van der Waals surface area contributed by atoms with Crippen molar-refractivity contribution in [2.75, 3.05) is 11.9 Å². The van der Waals surface area contributed by atoms with Gasteiger partial charge < -0.3 is 10.1 Å². The van der Waals surface area contributed by atoms with Gasteiger partial charge in [-0.15, -0.1) is 0 Å². The molecule has 5 heteroatoms. The topological polar surface area (TPSA) is 55.6 Å². The first-order valence-corrected chi connectivity index (χ1v) is 14.2. The van der Waals surface area contributed by atoms with E-state index in [0.29, 0.717) is 5.82 Å². The number of benzene rings is 3. The number of ether oxygens (including phenoxy) is 1. The number of hydrogen-bond donors (Lipinski definition) is 1. The first-order valence-electron chi connectivity index (χ1n) is 14.2. The minimum absolute atomic E-state index is 0.0662. The summed E-state index contributed by atoms with van der Waals surface area (Å²) in [6.45, 7) is 13.3. The van der Waals surface area contributed by atoms with Crippen molar-refractivity contribution in [3.63, 3.8) is 0 Å². The molecule has 0 unspecified atom stereocenters. The molecule has 2 heterocycles. The molecule has 0 aliphatic carbocycles. The molecule has 5 aromatic rings. The number of nitrogens with one attached hydrogen (secondary N) is 1. The average Bonchev–Trinajstić information content (AvgIpc) is 3.33. The number of pyridine rings is 1. The Morgan fingerprint density at radius 3 is 2.33 bits per heavy atom. The molecule has 0 bridgehead atoms. The molecule has 0 aliphatic rings. The Hall–Kier alpha value is -4.12. The summed E-state index contributed by atoms with van der Waals surface area (Å²) in [7, 11) is 0. The molecule has 40 heavy (non-hydrogen) atoms. The molecule has 0 aliphatic heterocycles. The zero-order valence-electron chi connectivity index (χ0n) is 24.4. The van der Waals surface area contributed by atoms with Crippen molar-refractivity contribution in [3.05, 3.63) is 96.2 Å². The number of imidazole rings is 1. The van der Waals surface area contributed by atoms with Gasteiger partial charge in [0.1, 0.15) is 22.9 Å². The average molecular weight is 534 g/mol. The molecule has 0 spiro atoms. The van der Waals surface area contributed by atoms with Gasteiger partial charge in [-0.1, -0.05) is 96.1 Å². The predicted molar refractivity (Wildman–Crippen MR) is 165 cm³/mol. The normalized spacial score (nSPS) is 12.2. The lowest BCUT2D eigenvalue weighted by Crippen LogP contribution is -2.24. The maximum atomic E-state index is 13.3. The molecule has 0 saturated carbocycles. The lowest BCUT2D eigenvalue weighted by Gasteiger charge is -2.30. The van der Waals surface area contributed by atoms with Gasteiger partial charge in [0.05, 0.1) is 0 Å². The quantitative estimate of drug-likeness (QED) is 0.206. The van der Waals surface area contributed by atoms with Crippen LogP contribution in [0.25, 0.3) is 27.7 Å². The van der Waals surface area contributed by atoms with Gasteiger partial charge in [-0.05, 0) is 64.3 Å². The zero-order chi connectivity index (χ0) is 28.5. The van der Waals surface area contributed by atoms with Gasteiger partial charge in [-0.3, -0.25) is 9.20 Å². The molecule has 206 valence electrons. The van der Waals surface area contributed by atoms with Gasteiger partial charge in [0, 0.05) is 17.3 Å². The highest BCUT2D eigenvalue weighted by Gasteiger charge is 2.27. The second-order valence-corrected chi connectivity index (χ2v) is 11.8. The predicted octanol–water partition coefficient (Wildman–Crippen LogP) is 8.55. The Morgan fingerprint density at radius 2 is 1.57 bits per heavy atom. The number of carbonyl (C=O) groups is 1. The minimum atomic E-state index is -0.231. The number of fused-ring (bicyclic) bond motifs is 2. The number of aromatic nitrogens is 2. The van der Waals surface area contributed by atoms with Crippen LogP contribution in [0.15, 0.2) is 85.1 Å². The molecule has 5 nitrogen and oxygen atoms in total. The van der Waals surface area contributed by atoms with Crippen LogP contribution < -0.4 is 10.1 Å². The van der Waals surface area contributed by atoms with Crippen LogP contribution in [0.3, 0.4) is 0 Å². The van der Waals surface area contributed by atoms with E-state index in [1.165, 1.54) is 5.56 Å². The van der Waals surface area contributed by atoms with Gasteiger partial charge in [0.25, 0.3) is 5.91 Å². The largest absolute Gasteiger partial charge is 0.483 e. The highest BCUT2D eigenvalue weighted by Crippen LogP contribution is 2.38. The van der Waals surface area contributed by atoms with Crippen LogP contribution in [-0.2, 0) is 15.6 Å². The van der Waals surface area contributed by atoms with Crippen LogP contribution in [0.2, 0.25) is 0 Å². The zero-order valence-corrected chi connectivity index (χ0v) is 24.4. The summed E-state index contributed by atoms with van der Waals surface area (Å²) in [5, 5.41) is 5.39. The SMILES string of the molecule is CCC(C)(C)c1ccc(OCC(=O)Nc2c(-c3ccc4ccccc4c3)nc3ccccn23)c(C(C)(C)CC)c1. The van der Waals surface area contributed by atoms with Gasteiger partial charge in [-0.2, -0.15) is 0 Å². The Morgan fingerprint density at radius 1 is 0.850 bits per heavy atom. The van der Waals surface area contributed by atoms with Crippen molar-refractivity contribution in [2.45, 2.75) is 65.2 Å². The van der Waals surface area contributed by atoms with E-state index in [2.05, 4.69) is 89.3 Å². The van der Waals surface area contributed by atoms with Crippen molar-refractivity contribution in [2.24, 2.45) is 0 Å². The van der Waals surface area contributed by atoms with Crippen molar-refractivity contribution in [3.8, 4) is 17.0 Å². The van der Waals surface area contributed by atoms with E-state index in [1.54, 1.807) is 0 Å². The van der Waals surface area contributed by atoms with Crippen molar-refractivity contribution < 1.29 is 9.53 Å². The first kappa shape index (κ1) is 27.4. The van der Waals surface area contributed by atoms with E-state index >= 15 is 0 Å². The van der Waals surface area contributed by atoms with Crippen molar-refractivity contribution >= 4 is 28.1 Å². The molecule has 0 radical (unpaired) electrons. The summed E-state index contributed by atoms with van der Waals surface area (Å²) in [6.07, 6.45) is 3.92. The number of rotatable bonds is 9. The number of nitrogens with zero attached hydrogens (tertiary/aromatic N) is 2. The fourth-order valence-corrected chi connectivity index (χ4v) is 4.96. The Balaban J connectivity index is 1.44. The van der Waals surface area contributed by atoms with Gasteiger partial charge in [0.2, 0.25) is 0 Å². The van der Waals surface area contributed by atoms with E-state index < -0.39 is 0 Å². The molecular weight excluding hydrogens is 494 g/mol.